The Bertz CT molecular complexity index is 1130. The van der Waals surface area contributed by atoms with Crippen molar-refractivity contribution in [2.45, 2.75) is 4.90 Å². The fraction of sp³-hybridized carbons (Fsp3) is 0. The van der Waals surface area contributed by atoms with E-state index >= 15 is 0 Å². The van der Waals surface area contributed by atoms with Crippen LogP contribution in [0.15, 0.2) is 52.2 Å². The van der Waals surface area contributed by atoms with Gasteiger partial charge in [0.15, 0.2) is 0 Å². The van der Waals surface area contributed by atoms with Crippen LogP contribution in [0.5, 0.6) is 0 Å². The van der Waals surface area contributed by atoms with E-state index in [1.54, 1.807) is 0 Å². The number of aromatic amines is 1. The highest BCUT2D eigenvalue weighted by Crippen LogP contribution is 2.19. The third-order valence-electron chi connectivity index (χ3n) is 3.27. The largest absolute Gasteiger partial charge is 0.369 e. The van der Waals surface area contributed by atoms with Crippen LogP contribution in [0.3, 0.4) is 0 Å². The zero-order valence-corrected chi connectivity index (χ0v) is 13.0. The Balaban J connectivity index is 1.99. The topological polar surface area (TPSA) is 142 Å². The lowest BCUT2D eigenvalue weighted by atomic mass is 10.2. The average Bonchev–Trinajstić information content (AvgIpc) is 2.55. The zero-order valence-electron chi connectivity index (χ0n) is 12.1. The number of H-pyrrole nitrogens is 1. The Kier molecular flexibility index (Phi) is 3.67. The molecule has 0 spiro atoms. The van der Waals surface area contributed by atoms with Gasteiger partial charge in [0, 0.05) is 5.69 Å². The number of rotatable bonds is 3. The van der Waals surface area contributed by atoms with Gasteiger partial charge in [-0.1, -0.05) is 0 Å². The maximum absolute atomic E-state index is 12.4. The quantitative estimate of drug-likeness (QED) is 0.653. The monoisotopic (exact) mass is 341 g/mol. The van der Waals surface area contributed by atoms with E-state index in [9.17, 15) is 13.2 Å². The van der Waals surface area contributed by atoms with E-state index in [0.29, 0.717) is 11.1 Å². The van der Waals surface area contributed by atoms with E-state index in [0.717, 1.165) is 0 Å². The molecular formula is C15H11N5O3S. The molecule has 0 unspecified atom stereocenters. The third-order valence-corrected chi connectivity index (χ3v) is 4.67. The maximum Gasteiger partial charge on any atom is 0.261 e. The molecule has 1 aromatic heterocycles. The van der Waals surface area contributed by atoms with Crippen LogP contribution >= 0.6 is 0 Å². The predicted molar refractivity (Wildman–Crippen MR) is 88.7 cm³/mol. The fourth-order valence-electron chi connectivity index (χ4n) is 2.14. The van der Waals surface area contributed by atoms with Gasteiger partial charge in [0.2, 0.25) is 5.95 Å². The van der Waals surface area contributed by atoms with Crippen molar-refractivity contribution < 1.29 is 8.42 Å². The number of sulfonamides is 1. The molecule has 0 amide bonds. The lowest BCUT2D eigenvalue weighted by Crippen LogP contribution is -2.14. The van der Waals surface area contributed by atoms with Crippen molar-refractivity contribution in [1.82, 2.24) is 9.97 Å². The summed E-state index contributed by atoms with van der Waals surface area (Å²) < 4.78 is 27.1. The maximum atomic E-state index is 12.4. The second-order valence-electron chi connectivity index (χ2n) is 4.92. The van der Waals surface area contributed by atoms with E-state index in [1.165, 1.54) is 42.5 Å². The predicted octanol–water partition coefficient (Wildman–Crippen LogP) is 1.18. The van der Waals surface area contributed by atoms with Crippen molar-refractivity contribution in [3.63, 3.8) is 0 Å². The molecule has 0 aliphatic heterocycles. The summed E-state index contributed by atoms with van der Waals surface area (Å²) in [6.07, 6.45) is 0. The Morgan fingerprint density at radius 2 is 1.88 bits per heavy atom. The molecule has 3 aromatic rings. The Morgan fingerprint density at radius 1 is 1.17 bits per heavy atom. The van der Waals surface area contributed by atoms with E-state index in [2.05, 4.69) is 14.7 Å². The normalized spacial score (nSPS) is 11.1. The number of nitriles is 1. The number of aromatic nitrogens is 2. The van der Waals surface area contributed by atoms with Gasteiger partial charge in [-0.3, -0.25) is 14.5 Å². The molecule has 8 nitrogen and oxygen atoms in total. The molecule has 0 aliphatic rings. The summed E-state index contributed by atoms with van der Waals surface area (Å²) in [5, 5.41) is 8.96. The van der Waals surface area contributed by atoms with Crippen LogP contribution < -0.4 is 16.0 Å². The molecule has 0 saturated heterocycles. The minimum Gasteiger partial charge on any atom is -0.369 e. The molecule has 3 rings (SSSR count). The summed E-state index contributed by atoms with van der Waals surface area (Å²) in [7, 11) is -3.84. The summed E-state index contributed by atoms with van der Waals surface area (Å²) >= 11 is 0. The average molecular weight is 341 g/mol. The number of benzene rings is 2. The van der Waals surface area contributed by atoms with Crippen LogP contribution in [-0.4, -0.2) is 18.4 Å². The first kappa shape index (κ1) is 15.5. The lowest BCUT2D eigenvalue weighted by molar-refractivity contribution is 0.601. The van der Waals surface area contributed by atoms with Gasteiger partial charge in [0.1, 0.15) is 0 Å². The van der Waals surface area contributed by atoms with Crippen molar-refractivity contribution in [3.8, 4) is 6.07 Å². The third kappa shape index (κ3) is 2.90. The van der Waals surface area contributed by atoms with Gasteiger partial charge in [-0.05, 0) is 42.5 Å². The minimum absolute atomic E-state index is 0.00550. The molecule has 24 heavy (non-hydrogen) atoms. The van der Waals surface area contributed by atoms with Crippen molar-refractivity contribution >= 4 is 32.6 Å². The standard InChI is InChI=1S/C15H11N5O3S/c16-8-9-1-4-11(5-2-9)24(22,23)20-10-3-6-13-12(7-10)14(21)19-15(17)18-13/h1-7,20H,(H3,17,18,19,21). The highest BCUT2D eigenvalue weighted by atomic mass is 32.2. The number of nitrogens with one attached hydrogen (secondary N) is 2. The summed E-state index contributed by atoms with van der Waals surface area (Å²) in [4.78, 5) is 18.2. The number of nitrogen functional groups attached to an aromatic ring is 1. The Morgan fingerprint density at radius 3 is 2.54 bits per heavy atom. The van der Waals surface area contributed by atoms with E-state index in [4.69, 9.17) is 11.0 Å². The summed E-state index contributed by atoms with van der Waals surface area (Å²) in [5.41, 5.74) is 5.93. The second-order valence-corrected chi connectivity index (χ2v) is 6.61. The van der Waals surface area contributed by atoms with Gasteiger partial charge < -0.3 is 5.73 Å². The molecular weight excluding hydrogens is 330 g/mol. The molecule has 9 heteroatoms. The van der Waals surface area contributed by atoms with Crippen molar-refractivity contribution in [3.05, 3.63) is 58.4 Å². The van der Waals surface area contributed by atoms with Gasteiger partial charge in [0.05, 0.1) is 27.4 Å². The van der Waals surface area contributed by atoms with Gasteiger partial charge in [-0.15, -0.1) is 0 Å². The van der Waals surface area contributed by atoms with Gasteiger partial charge in [-0.2, -0.15) is 5.26 Å². The number of fused-ring (bicyclic) bond motifs is 1. The molecule has 4 N–H and O–H groups in total. The highest BCUT2D eigenvalue weighted by molar-refractivity contribution is 7.92. The van der Waals surface area contributed by atoms with Gasteiger partial charge >= 0.3 is 0 Å². The van der Waals surface area contributed by atoms with E-state index < -0.39 is 15.6 Å². The number of nitrogens with zero attached hydrogens (tertiary/aromatic N) is 2. The zero-order chi connectivity index (χ0) is 17.3. The van der Waals surface area contributed by atoms with E-state index in [-0.39, 0.29) is 21.9 Å². The highest BCUT2D eigenvalue weighted by Gasteiger charge is 2.15. The second kappa shape index (κ2) is 5.68. The molecule has 0 aliphatic carbocycles. The van der Waals surface area contributed by atoms with Gasteiger partial charge in [0.25, 0.3) is 15.6 Å². The SMILES string of the molecule is N#Cc1ccc(S(=O)(=O)Nc2ccc3nc(N)[nH]c(=O)c3c2)cc1. The van der Waals surface area contributed by atoms with Crippen LogP contribution in [0.4, 0.5) is 11.6 Å². The smallest absolute Gasteiger partial charge is 0.261 e. The minimum atomic E-state index is -3.84. The molecule has 0 fully saturated rings. The first-order valence-corrected chi connectivity index (χ1v) is 8.20. The molecule has 0 atom stereocenters. The van der Waals surface area contributed by atoms with Crippen molar-refractivity contribution in [2.75, 3.05) is 10.5 Å². The molecule has 2 aromatic carbocycles. The molecule has 0 bridgehead atoms. The van der Waals surface area contributed by atoms with Gasteiger partial charge in [-0.25, -0.2) is 13.4 Å². The van der Waals surface area contributed by atoms with Crippen LogP contribution in [0.1, 0.15) is 5.56 Å². The van der Waals surface area contributed by atoms with Crippen LogP contribution in [0.2, 0.25) is 0 Å². The van der Waals surface area contributed by atoms with Crippen LogP contribution in [0.25, 0.3) is 10.9 Å². The van der Waals surface area contributed by atoms with E-state index in [1.807, 2.05) is 6.07 Å². The first-order valence-electron chi connectivity index (χ1n) is 6.71. The Labute approximate surface area is 136 Å². The first-order chi connectivity index (χ1) is 11.4. The number of hydrogen-bond donors (Lipinski definition) is 3. The van der Waals surface area contributed by atoms with Crippen molar-refractivity contribution in [2.24, 2.45) is 0 Å². The van der Waals surface area contributed by atoms with Crippen molar-refractivity contribution in [1.29, 1.82) is 5.26 Å². The summed E-state index contributed by atoms with van der Waals surface area (Å²) in [6, 6.07) is 11.8. The summed E-state index contributed by atoms with van der Waals surface area (Å²) in [6.45, 7) is 0. The number of hydrogen-bond acceptors (Lipinski definition) is 6. The molecule has 0 radical (unpaired) electrons. The number of anilines is 2. The van der Waals surface area contributed by atoms with Crippen LogP contribution in [0, 0.1) is 11.3 Å². The fourth-order valence-corrected chi connectivity index (χ4v) is 3.19. The van der Waals surface area contributed by atoms with Crippen LogP contribution in [-0.2, 0) is 10.0 Å². The molecule has 0 saturated carbocycles. The molecule has 120 valence electrons. The lowest BCUT2D eigenvalue weighted by Gasteiger charge is -2.09. The molecule has 1 heterocycles. The Hall–Kier alpha value is -3.38. The number of nitrogens with two attached hydrogens (primary N) is 1. The summed E-state index contributed by atoms with van der Waals surface area (Å²) in [5.74, 6) is -0.0154.